The highest BCUT2D eigenvalue weighted by Gasteiger charge is 2.29. The molecule has 0 bridgehead atoms. The third kappa shape index (κ3) is 4.64. The molecule has 4 heterocycles. The van der Waals surface area contributed by atoms with Crippen molar-refractivity contribution in [3.8, 4) is 11.4 Å². The van der Waals surface area contributed by atoms with Crippen molar-refractivity contribution in [1.82, 2.24) is 29.3 Å². The summed E-state index contributed by atoms with van der Waals surface area (Å²) in [5.74, 6) is 0.814. The van der Waals surface area contributed by atoms with E-state index in [4.69, 9.17) is 0 Å². The minimum atomic E-state index is -3.26. The number of nitrogens with one attached hydrogen (secondary N) is 1. The Balaban J connectivity index is 1.63. The summed E-state index contributed by atoms with van der Waals surface area (Å²) in [6.07, 6.45) is 3.24. The standard InChI is InChI=1S/C19H23F2N7O2S/c1-12-13(9-25-31(2,29)30)4-3-7-27(12)18-8-15(23-11-24-18)16-10-22-17-6-5-14(19(20)21)26-28(16)17/h5-6,8,10-13,19,25H,3-4,7,9H2,1-2H3. The minimum Gasteiger partial charge on any atom is -0.353 e. The van der Waals surface area contributed by atoms with Crippen LogP contribution in [0.15, 0.2) is 30.7 Å². The van der Waals surface area contributed by atoms with Gasteiger partial charge in [-0.25, -0.2) is 41.4 Å². The van der Waals surface area contributed by atoms with Crippen LogP contribution in [0.5, 0.6) is 0 Å². The molecule has 1 saturated heterocycles. The average molecular weight is 452 g/mol. The number of aromatic nitrogens is 5. The second kappa shape index (κ2) is 8.42. The maximum Gasteiger partial charge on any atom is 0.282 e. The number of piperidine rings is 1. The lowest BCUT2D eigenvalue weighted by Crippen LogP contribution is -2.47. The van der Waals surface area contributed by atoms with Gasteiger partial charge in [0.05, 0.1) is 18.1 Å². The quantitative estimate of drug-likeness (QED) is 0.613. The molecule has 0 amide bonds. The summed E-state index contributed by atoms with van der Waals surface area (Å²) in [7, 11) is -3.26. The van der Waals surface area contributed by atoms with Crippen molar-refractivity contribution in [2.75, 3.05) is 24.2 Å². The Morgan fingerprint density at radius 2 is 2.06 bits per heavy atom. The molecule has 2 atom stereocenters. The van der Waals surface area contributed by atoms with Crippen molar-refractivity contribution in [3.05, 3.63) is 36.4 Å². The molecular weight excluding hydrogens is 428 g/mol. The summed E-state index contributed by atoms with van der Waals surface area (Å²) in [5, 5.41) is 3.99. The normalized spacial score (nSPS) is 20.0. The molecule has 12 heteroatoms. The fourth-order valence-corrected chi connectivity index (χ4v) is 4.42. The molecule has 1 aliphatic heterocycles. The Kier molecular flexibility index (Phi) is 5.84. The number of anilines is 1. The molecule has 0 spiro atoms. The van der Waals surface area contributed by atoms with E-state index in [1.165, 1.54) is 23.0 Å². The lowest BCUT2D eigenvalue weighted by molar-refractivity contribution is 0.144. The van der Waals surface area contributed by atoms with Crippen LogP contribution < -0.4 is 9.62 Å². The van der Waals surface area contributed by atoms with Crippen LogP contribution in [-0.2, 0) is 10.0 Å². The number of hydrogen-bond acceptors (Lipinski definition) is 7. The Hall–Kier alpha value is -2.73. The van der Waals surface area contributed by atoms with Gasteiger partial charge in [0, 0.05) is 25.2 Å². The van der Waals surface area contributed by atoms with E-state index in [0.29, 0.717) is 29.4 Å². The second-order valence-corrected chi connectivity index (χ2v) is 9.52. The smallest absolute Gasteiger partial charge is 0.282 e. The van der Waals surface area contributed by atoms with Gasteiger partial charge in [-0.15, -0.1) is 0 Å². The Labute approximate surface area is 178 Å². The zero-order chi connectivity index (χ0) is 22.2. The van der Waals surface area contributed by atoms with Gasteiger partial charge in [0.15, 0.2) is 5.65 Å². The lowest BCUT2D eigenvalue weighted by atomic mass is 9.90. The Bertz CT molecular complexity index is 1180. The highest BCUT2D eigenvalue weighted by molar-refractivity contribution is 7.88. The van der Waals surface area contributed by atoms with Crippen LogP contribution >= 0.6 is 0 Å². The summed E-state index contributed by atoms with van der Waals surface area (Å²) in [4.78, 5) is 15.0. The summed E-state index contributed by atoms with van der Waals surface area (Å²) in [6.45, 7) is 3.18. The first-order valence-corrected chi connectivity index (χ1v) is 11.8. The van der Waals surface area contributed by atoms with Gasteiger partial charge in [-0.2, -0.15) is 5.10 Å². The van der Waals surface area contributed by atoms with Crippen molar-refractivity contribution in [2.24, 2.45) is 5.92 Å². The van der Waals surface area contributed by atoms with Gasteiger partial charge in [-0.05, 0) is 37.8 Å². The van der Waals surface area contributed by atoms with Crippen molar-refractivity contribution >= 4 is 21.5 Å². The van der Waals surface area contributed by atoms with E-state index in [-0.39, 0.29) is 17.7 Å². The minimum absolute atomic E-state index is 0.0523. The van der Waals surface area contributed by atoms with E-state index >= 15 is 0 Å². The summed E-state index contributed by atoms with van der Waals surface area (Å²) >= 11 is 0. The van der Waals surface area contributed by atoms with E-state index < -0.39 is 16.4 Å². The molecule has 3 aromatic heterocycles. The molecule has 0 radical (unpaired) electrons. The van der Waals surface area contributed by atoms with Crippen LogP contribution in [0, 0.1) is 5.92 Å². The molecule has 1 fully saturated rings. The van der Waals surface area contributed by atoms with E-state index in [2.05, 4.69) is 29.7 Å². The first kappa shape index (κ1) is 21.5. The van der Waals surface area contributed by atoms with E-state index in [9.17, 15) is 17.2 Å². The number of rotatable bonds is 6. The summed E-state index contributed by atoms with van der Waals surface area (Å²) < 4.78 is 53.1. The zero-order valence-corrected chi connectivity index (χ0v) is 17.9. The fraction of sp³-hybridized carbons (Fsp3) is 0.474. The van der Waals surface area contributed by atoms with Gasteiger partial charge < -0.3 is 4.90 Å². The van der Waals surface area contributed by atoms with E-state index in [1.807, 2.05) is 6.92 Å². The van der Waals surface area contributed by atoms with Crippen molar-refractivity contribution in [3.63, 3.8) is 0 Å². The molecular formula is C19H23F2N7O2S. The molecule has 166 valence electrons. The monoisotopic (exact) mass is 451 g/mol. The average Bonchev–Trinajstić information content (AvgIpc) is 3.16. The maximum atomic E-state index is 13.1. The molecule has 0 aliphatic carbocycles. The molecule has 1 aliphatic rings. The number of nitrogens with zero attached hydrogens (tertiary/aromatic N) is 6. The predicted molar refractivity (Wildman–Crippen MR) is 111 cm³/mol. The number of alkyl halides is 2. The molecule has 1 N–H and O–H groups in total. The first-order valence-electron chi connectivity index (χ1n) is 9.89. The topological polar surface area (TPSA) is 105 Å². The molecule has 0 aromatic carbocycles. The molecule has 3 aromatic rings. The van der Waals surface area contributed by atoms with Crippen LogP contribution in [0.2, 0.25) is 0 Å². The van der Waals surface area contributed by atoms with E-state index in [0.717, 1.165) is 25.6 Å². The Morgan fingerprint density at radius 3 is 2.81 bits per heavy atom. The maximum absolute atomic E-state index is 13.1. The molecule has 0 saturated carbocycles. The van der Waals surface area contributed by atoms with Crippen LogP contribution in [-0.4, -0.2) is 58.4 Å². The Morgan fingerprint density at radius 1 is 1.26 bits per heavy atom. The van der Waals surface area contributed by atoms with Crippen LogP contribution in [0.3, 0.4) is 0 Å². The van der Waals surface area contributed by atoms with Crippen molar-refractivity contribution in [1.29, 1.82) is 0 Å². The predicted octanol–water partition coefficient (Wildman–Crippen LogP) is 2.28. The van der Waals surface area contributed by atoms with Gasteiger partial charge in [0.2, 0.25) is 10.0 Å². The van der Waals surface area contributed by atoms with Crippen LogP contribution in [0.4, 0.5) is 14.6 Å². The number of halogens is 2. The molecule has 9 nitrogen and oxygen atoms in total. The van der Waals surface area contributed by atoms with Gasteiger partial charge >= 0.3 is 0 Å². The molecule has 4 rings (SSSR count). The number of sulfonamides is 1. The van der Waals surface area contributed by atoms with Gasteiger partial charge in [-0.1, -0.05) is 0 Å². The van der Waals surface area contributed by atoms with Gasteiger partial charge in [-0.3, -0.25) is 0 Å². The zero-order valence-electron chi connectivity index (χ0n) is 17.1. The largest absolute Gasteiger partial charge is 0.353 e. The SMILES string of the molecule is CC1C(CNS(C)(=O)=O)CCCN1c1cc(-c2cnc3ccc(C(F)F)nn23)ncn1. The van der Waals surface area contributed by atoms with Crippen molar-refractivity contribution in [2.45, 2.75) is 32.2 Å². The van der Waals surface area contributed by atoms with Crippen molar-refractivity contribution < 1.29 is 17.2 Å². The highest BCUT2D eigenvalue weighted by atomic mass is 32.2. The molecule has 2 unspecified atom stereocenters. The van der Waals surface area contributed by atoms with E-state index in [1.54, 1.807) is 12.3 Å². The second-order valence-electron chi connectivity index (χ2n) is 7.69. The van der Waals surface area contributed by atoms with Crippen LogP contribution in [0.25, 0.3) is 17.0 Å². The lowest BCUT2D eigenvalue weighted by Gasteiger charge is -2.40. The number of fused-ring (bicyclic) bond motifs is 1. The van der Waals surface area contributed by atoms with Crippen LogP contribution in [0.1, 0.15) is 31.9 Å². The highest BCUT2D eigenvalue weighted by Crippen LogP contribution is 2.29. The first-order chi connectivity index (χ1) is 14.7. The summed E-state index contributed by atoms with van der Waals surface area (Å²) in [6, 6.07) is 4.58. The third-order valence-electron chi connectivity index (χ3n) is 5.57. The van der Waals surface area contributed by atoms with Gasteiger partial charge in [0.25, 0.3) is 6.43 Å². The van der Waals surface area contributed by atoms with Gasteiger partial charge in [0.1, 0.15) is 23.5 Å². The third-order valence-corrected chi connectivity index (χ3v) is 6.26. The number of imidazole rings is 1. The fourth-order valence-electron chi connectivity index (χ4n) is 3.90. The number of hydrogen-bond donors (Lipinski definition) is 1. The molecule has 31 heavy (non-hydrogen) atoms. The summed E-state index contributed by atoms with van der Waals surface area (Å²) in [5.41, 5.74) is 1.10.